The summed E-state index contributed by atoms with van der Waals surface area (Å²) < 4.78 is 22.1. The molecule has 2 fully saturated rings. The molecule has 0 amide bonds. The fraction of sp³-hybridized carbons (Fsp3) is 0.500. The Labute approximate surface area is 168 Å². The normalized spacial score (nSPS) is 19.0. The van der Waals surface area contributed by atoms with Crippen LogP contribution in [0.5, 0.6) is 0 Å². The molecule has 4 rings (SSSR count). The van der Waals surface area contributed by atoms with Crippen molar-refractivity contribution in [2.45, 2.75) is 58.0 Å². The van der Waals surface area contributed by atoms with Crippen LogP contribution >= 0.6 is 0 Å². The monoisotopic (exact) mass is 400 g/mol. The van der Waals surface area contributed by atoms with Crippen molar-refractivity contribution in [3.63, 3.8) is 0 Å². The third-order valence-electron chi connectivity index (χ3n) is 5.97. The number of carbonyl (C=O) groups excluding carboxylic acids is 2. The summed E-state index contributed by atoms with van der Waals surface area (Å²) in [4.78, 5) is 39.4. The molecule has 29 heavy (non-hydrogen) atoms. The molecular weight excluding hydrogens is 375 g/mol. The minimum atomic E-state index is -0.725. The highest BCUT2D eigenvalue weighted by Gasteiger charge is 2.33. The van der Waals surface area contributed by atoms with Crippen LogP contribution in [0.4, 0.5) is 10.1 Å². The molecule has 1 unspecified atom stereocenters. The van der Waals surface area contributed by atoms with Crippen molar-refractivity contribution in [3.05, 3.63) is 39.4 Å². The van der Waals surface area contributed by atoms with Crippen LogP contribution in [0.25, 0.3) is 10.9 Å². The van der Waals surface area contributed by atoms with Crippen molar-refractivity contribution in [2.75, 3.05) is 18.1 Å². The number of carbonyl (C=O) groups is 2. The van der Waals surface area contributed by atoms with Crippen LogP contribution in [0.2, 0.25) is 0 Å². The third kappa shape index (κ3) is 3.22. The number of aromatic nitrogens is 1. The molecule has 2 heterocycles. The maximum atomic E-state index is 15.3. The number of hydrogen-bond acceptors (Lipinski definition) is 5. The minimum Gasteiger partial charge on any atom is -0.462 e. The van der Waals surface area contributed by atoms with Gasteiger partial charge in [-0.15, -0.1) is 0 Å². The molecule has 1 aromatic carbocycles. The summed E-state index contributed by atoms with van der Waals surface area (Å²) in [5.74, 6) is -1.32. The molecule has 1 aromatic heterocycles. The molecule has 0 bridgehead atoms. The van der Waals surface area contributed by atoms with Crippen LogP contribution in [-0.2, 0) is 4.74 Å². The number of rotatable bonds is 6. The molecule has 1 saturated carbocycles. The zero-order valence-electron chi connectivity index (χ0n) is 16.7. The smallest absolute Gasteiger partial charge is 0.343 e. The summed E-state index contributed by atoms with van der Waals surface area (Å²) in [5, 5.41) is 0.0537. The predicted octanol–water partition coefficient (Wildman–Crippen LogP) is 3.84. The summed E-state index contributed by atoms with van der Waals surface area (Å²) in [6.45, 7) is 4.53. The standard InChI is InChI=1S/C22H25FN2O4/c1-3-13-6-5-9-24(13)20-17(12-26)19-15(10-18(20)23)21(27)16(22(28)29-4-2)11-25(19)14-7-8-14/h10-14H,3-9H2,1-2H3. The van der Waals surface area contributed by atoms with Gasteiger partial charge in [0.05, 0.1) is 28.8 Å². The van der Waals surface area contributed by atoms with Crippen LogP contribution in [-0.4, -0.2) is 36.0 Å². The van der Waals surface area contributed by atoms with E-state index in [4.69, 9.17) is 4.74 Å². The van der Waals surface area contributed by atoms with E-state index in [1.807, 2.05) is 11.8 Å². The van der Waals surface area contributed by atoms with Gasteiger partial charge in [-0.25, -0.2) is 9.18 Å². The summed E-state index contributed by atoms with van der Waals surface area (Å²) in [7, 11) is 0. The molecule has 0 N–H and O–H groups in total. The Balaban J connectivity index is 2.03. The molecule has 0 radical (unpaired) electrons. The molecule has 2 aromatic rings. The maximum Gasteiger partial charge on any atom is 0.343 e. The van der Waals surface area contributed by atoms with Gasteiger partial charge >= 0.3 is 5.97 Å². The summed E-state index contributed by atoms with van der Waals surface area (Å²) in [6.07, 6.45) is 6.63. The lowest BCUT2D eigenvalue weighted by Gasteiger charge is -2.28. The number of benzene rings is 1. The molecule has 1 atom stereocenters. The van der Waals surface area contributed by atoms with E-state index in [1.165, 1.54) is 12.3 Å². The van der Waals surface area contributed by atoms with E-state index in [2.05, 4.69) is 0 Å². The van der Waals surface area contributed by atoms with Gasteiger partial charge in [0.1, 0.15) is 11.4 Å². The Morgan fingerprint density at radius 2 is 2.07 bits per heavy atom. The van der Waals surface area contributed by atoms with Crippen LogP contribution in [0.1, 0.15) is 72.7 Å². The number of anilines is 1. The largest absolute Gasteiger partial charge is 0.462 e. The van der Waals surface area contributed by atoms with Crippen LogP contribution in [0, 0.1) is 5.82 Å². The Bertz CT molecular complexity index is 1040. The lowest BCUT2D eigenvalue weighted by molar-refractivity contribution is 0.0524. The van der Waals surface area contributed by atoms with Gasteiger partial charge in [-0.1, -0.05) is 6.92 Å². The van der Waals surface area contributed by atoms with E-state index >= 15 is 4.39 Å². The quantitative estimate of drug-likeness (QED) is 0.544. The Hall–Kier alpha value is -2.70. The molecule has 1 aliphatic heterocycles. The second kappa shape index (κ2) is 7.61. The molecule has 154 valence electrons. The number of pyridine rings is 1. The highest BCUT2D eigenvalue weighted by atomic mass is 19.1. The van der Waals surface area contributed by atoms with Crippen LogP contribution < -0.4 is 10.3 Å². The molecule has 2 aliphatic rings. The Morgan fingerprint density at radius 1 is 1.31 bits per heavy atom. The summed E-state index contributed by atoms with van der Waals surface area (Å²) in [5.41, 5.74) is 0.160. The molecule has 1 aliphatic carbocycles. The van der Waals surface area contributed by atoms with Crippen molar-refractivity contribution in [2.24, 2.45) is 0 Å². The molecule has 7 heteroatoms. The lowest BCUT2D eigenvalue weighted by Crippen LogP contribution is -2.31. The number of halogens is 1. The van der Waals surface area contributed by atoms with Crippen molar-refractivity contribution < 1.29 is 18.7 Å². The van der Waals surface area contributed by atoms with E-state index in [-0.39, 0.29) is 40.9 Å². The Morgan fingerprint density at radius 3 is 2.69 bits per heavy atom. The second-order valence-corrected chi connectivity index (χ2v) is 7.76. The average molecular weight is 400 g/mol. The van der Waals surface area contributed by atoms with Crippen molar-refractivity contribution in [1.82, 2.24) is 4.57 Å². The first-order valence-corrected chi connectivity index (χ1v) is 10.3. The van der Waals surface area contributed by atoms with Crippen molar-refractivity contribution in [1.29, 1.82) is 0 Å². The van der Waals surface area contributed by atoms with Gasteiger partial charge in [0, 0.05) is 24.8 Å². The highest BCUT2D eigenvalue weighted by Crippen LogP contribution is 2.41. The lowest BCUT2D eigenvalue weighted by atomic mass is 10.0. The maximum absolute atomic E-state index is 15.3. The second-order valence-electron chi connectivity index (χ2n) is 7.76. The van der Waals surface area contributed by atoms with E-state index in [9.17, 15) is 14.4 Å². The number of aldehydes is 1. The van der Waals surface area contributed by atoms with Gasteiger partial charge in [0.15, 0.2) is 6.29 Å². The van der Waals surface area contributed by atoms with E-state index in [1.54, 1.807) is 11.5 Å². The number of fused-ring (bicyclic) bond motifs is 1. The van der Waals surface area contributed by atoms with E-state index < -0.39 is 17.2 Å². The van der Waals surface area contributed by atoms with Gasteiger partial charge in [-0.05, 0) is 45.1 Å². The van der Waals surface area contributed by atoms with Crippen LogP contribution in [0.3, 0.4) is 0 Å². The zero-order chi connectivity index (χ0) is 20.7. The molecule has 0 spiro atoms. The molecule has 1 saturated heterocycles. The topological polar surface area (TPSA) is 68.6 Å². The zero-order valence-corrected chi connectivity index (χ0v) is 16.7. The number of hydrogen-bond donors (Lipinski definition) is 0. The Kier molecular flexibility index (Phi) is 5.15. The van der Waals surface area contributed by atoms with E-state index in [0.29, 0.717) is 18.3 Å². The first-order chi connectivity index (χ1) is 14.0. The van der Waals surface area contributed by atoms with Crippen molar-refractivity contribution >= 4 is 28.8 Å². The highest BCUT2D eigenvalue weighted by molar-refractivity contribution is 6.04. The van der Waals surface area contributed by atoms with Crippen molar-refractivity contribution in [3.8, 4) is 0 Å². The van der Waals surface area contributed by atoms with E-state index in [0.717, 1.165) is 32.1 Å². The summed E-state index contributed by atoms with van der Waals surface area (Å²) >= 11 is 0. The van der Waals surface area contributed by atoms with Gasteiger partial charge in [0.25, 0.3) is 0 Å². The minimum absolute atomic E-state index is 0.0537. The first-order valence-electron chi connectivity index (χ1n) is 10.3. The van der Waals surface area contributed by atoms with Gasteiger partial charge < -0.3 is 14.2 Å². The fourth-order valence-electron chi connectivity index (χ4n) is 4.46. The number of esters is 1. The third-order valence-corrected chi connectivity index (χ3v) is 5.97. The predicted molar refractivity (Wildman–Crippen MR) is 108 cm³/mol. The molecular formula is C22H25FN2O4. The first kappa shape index (κ1) is 19.6. The number of nitrogens with zero attached hydrogens (tertiary/aromatic N) is 2. The van der Waals surface area contributed by atoms with Crippen LogP contribution in [0.15, 0.2) is 17.1 Å². The SMILES string of the molecule is CCOC(=O)c1cn(C2CC2)c2c(C=O)c(N3CCCC3CC)c(F)cc2c1=O. The van der Waals surface area contributed by atoms with Gasteiger partial charge in [0.2, 0.25) is 5.43 Å². The molecule has 6 nitrogen and oxygen atoms in total. The van der Waals surface area contributed by atoms with Gasteiger partial charge in [-0.3, -0.25) is 9.59 Å². The summed E-state index contributed by atoms with van der Waals surface area (Å²) in [6, 6.07) is 1.44. The van der Waals surface area contributed by atoms with Gasteiger partial charge in [-0.2, -0.15) is 0 Å². The number of ether oxygens (including phenoxy) is 1. The fourth-order valence-corrected chi connectivity index (χ4v) is 4.46. The average Bonchev–Trinajstić information content (AvgIpc) is 3.45.